The minimum atomic E-state index is -0.428. The molecule has 0 aliphatic rings. The number of halogens is 3. The lowest BCUT2D eigenvalue weighted by atomic mass is 10.0. The molecule has 5 heteroatoms. The van der Waals surface area contributed by atoms with E-state index in [0.717, 1.165) is 6.42 Å². The van der Waals surface area contributed by atoms with Gasteiger partial charge in [-0.05, 0) is 36.2 Å². The fourth-order valence-corrected chi connectivity index (χ4v) is 2.78. The molecule has 134 valence electrons. The van der Waals surface area contributed by atoms with Gasteiger partial charge in [-0.1, -0.05) is 49.2 Å². The topological polar surface area (TPSA) is 22.1 Å². The van der Waals surface area contributed by atoms with Crippen LogP contribution in [0.1, 0.15) is 24.5 Å². The van der Waals surface area contributed by atoms with E-state index in [1.165, 1.54) is 12.1 Å². The molecule has 0 fully saturated rings. The summed E-state index contributed by atoms with van der Waals surface area (Å²) < 4.78 is 33.6. The molecule has 0 amide bonds. The van der Waals surface area contributed by atoms with Gasteiger partial charge in [0, 0.05) is 22.2 Å². The van der Waals surface area contributed by atoms with Crippen molar-refractivity contribution in [1.29, 1.82) is 0 Å². The summed E-state index contributed by atoms with van der Waals surface area (Å²) in [5, 5.41) is 0.333. The maximum absolute atomic E-state index is 14.2. The highest BCUT2D eigenvalue weighted by Crippen LogP contribution is 2.24. The van der Waals surface area contributed by atoms with E-state index in [4.69, 9.17) is 16.3 Å². The highest BCUT2D eigenvalue weighted by molar-refractivity contribution is 6.30. The minimum Gasteiger partial charge on any atom is -0.473 e. The summed E-state index contributed by atoms with van der Waals surface area (Å²) in [7, 11) is 0. The van der Waals surface area contributed by atoms with E-state index in [0.29, 0.717) is 39.7 Å². The third-order valence-electron chi connectivity index (χ3n) is 3.98. The first kappa shape index (κ1) is 18.3. The Morgan fingerprint density at radius 3 is 2.46 bits per heavy atom. The van der Waals surface area contributed by atoms with Crippen LogP contribution in [0.15, 0.2) is 54.6 Å². The van der Waals surface area contributed by atoms with Crippen molar-refractivity contribution in [3.05, 3.63) is 82.4 Å². The number of hydrogen-bond acceptors (Lipinski definition) is 2. The minimum absolute atomic E-state index is 0.0310. The zero-order chi connectivity index (χ0) is 18.5. The molecule has 26 heavy (non-hydrogen) atoms. The number of pyridine rings is 1. The molecule has 0 bridgehead atoms. The molecular weight excluding hydrogens is 356 g/mol. The first-order chi connectivity index (χ1) is 12.6. The maximum atomic E-state index is 14.2. The molecule has 0 aliphatic carbocycles. The van der Waals surface area contributed by atoms with Gasteiger partial charge in [0.15, 0.2) is 0 Å². The van der Waals surface area contributed by atoms with Gasteiger partial charge in [-0.25, -0.2) is 13.8 Å². The second-order valence-electron chi connectivity index (χ2n) is 5.94. The first-order valence-corrected chi connectivity index (χ1v) is 8.77. The molecule has 0 aliphatic heterocycles. The number of hydrogen-bond donors (Lipinski definition) is 0. The van der Waals surface area contributed by atoms with Crippen LogP contribution in [0.4, 0.5) is 8.78 Å². The number of aromatic nitrogens is 1. The van der Waals surface area contributed by atoms with Crippen molar-refractivity contribution in [3.8, 4) is 17.1 Å². The number of aryl methyl sites for hydroxylation is 1. The quantitative estimate of drug-likeness (QED) is 0.512. The van der Waals surface area contributed by atoms with Crippen molar-refractivity contribution in [3.63, 3.8) is 0 Å². The molecule has 3 rings (SSSR count). The average Bonchev–Trinajstić information content (AvgIpc) is 2.63. The highest BCUT2D eigenvalue weighted by atomic mass is 35.5. The lowest BCUT2D eigenvalue weighted by Crippen LogP contribution is -2.00. The molecule has 2 nitrogen and oxygen atoms in total. The molecule has 0 saturated carbocycles. The molecule has 0 spiro atoms. The summed E-state index contributed by atoms with van der Waals surface area (Å²) in [5.74, 6) is -0.321. The van der Waals surface area contributed by atoms with Gasteiger partial charge in [0.05, 0.1) is 5.69 Å². The normalized spacial score (nSPS) is 10.8. The third kappa shape index (κ3) is 4.38. The Kier molecular flexibility index (Phi) is 5.84. The van der Waals surface area contributed by atoms with Gasteiger partial charge in [-0.3, -0.25) is 0 Å². The molecule has 0 N–H and O–H groups in total. The zero-order valence-corrected chi connectivity index (χ0v) is 15.1. The Morgan fingerprint density at radius 1 is 0.962 bits per heavy atom. The zero-order valence-electron chi connectivity index (χ0n) is 14.3. The molecule has 0 atom stereocenters. The lowest BCUT2D eigenvalue weighted by molar-refractivity contribution is 0.288. The smallest absolute Gasteiger partial charge is 0.214 e. The number of rotatable bonds is 6. The van der Waals surface area contributed by atoms with Crippen molar-refractivity contribution in [2.24, 2.45) is 0 Å². The molecule has 0 saturated heterocycles. The Bertz CT molecular complexity index is 914. The summed E-state index contributed by atoms with van der Waals surface area (Å²) in [4.78, 5) is 4.38. The lowest BCUT2D eigenvalue weighted by Gasteiger charge is -2.09. The monoisotopic (exact) mass is 373 g/mol. The summed E-state index contributed by atoms with van der Waals surface area (Å²) in [6, 6.07) is 14.8. The van der Waals surface area contributed by atoms with E-state index in [2.05, 4.69) is 4.98 Å². The largest absolute Gasteiger partial charge is 0.473 e. The predicted octanol–water partition coefficient (Wildman–Crippen LogP) is 6.21. The number of nitrogens with zero attached hydrogens (tertiary/aromatic N) is 1. The van der Waals surface area contributed by atoms with Crippen LogP contribution in [0, 0.1) is 11.6 Å². The van der Waals surface area contributed by atoms with E-state index in [9.17, 15) is 8.78 Å². The van der Waals surface area contributed by atoms with Gasteiger partial charge < -0.3 is 4.74 Å². The second kappa shape index (κ2) is 8.28. The van der Waals surface area contributed by atoms with Crippen LogP contribution < -0.4 is 4.74 Å². The first-order valence-electron chi connectivity index (χ1n) is 8.39. The Morgan fingerprint density at radius 2 is 1.73 bits per heavy atom. The van der Waals surface area contributed by atoms with E-state index >= 15 is 0 Å². The van der Waals surface area contributed by atoms with E-state index in [-0.39, 0.29) is 12.4 Å². The van der Waals surface area contributed by atoms with Crippen LogP contribution in [0.5, 0.6) is 5.88 Å². The van der Waals surface area contributed by atoms with Crippen LogP contribution in [0.25, 0.3) is 11.3 Å². The van der Waals surface area contributed by atoms with Crippen molar-refractivity contribution < 1.29 is 13.5 Å². The molecule has 0 radical (unpaired) electrons. The van der Waals surface area contributed by atoms with Gasteiger partial charge in [0.25, 0.3) is 0 Å². The summed E-state index contributed by atoms with van der Waals surface area (Å²) >= 11 is 5.74. The highest BCUT2D eigenvalue weighted by Gasteiger charge is 2.08. The van der Waals surface area contributed by atoms with Crippen LogP contribution in [0.2, 0.25) is 5.02 Å². The maximum Gasteiger partial charge on any atom is 0.214 e. The molecule has 0 unspecified atom stereocenters. The average molecular weight is 374 g/mol. The van der Waals surface area contributed by atoms with Crippen molar-refractivity contribution >= 4 is 11.6 Å². The number of ether oxygens (including phenoxy) is 1. The standard InChI is InChI=1S/C21H18ClF2NO/c1-2-4-14-7-8-15(11-18(14)23)20-5-3-6-21(25-20)26-13-16-9-10-17(22)12-19(16)24/h3,5-12H,2,4,13H2,1H3. The van der Waals surface area contributed by atoms with Crippen LogP contribution in [0.3, 0.4) is 0 Å². The Balaban J connectivity index is 1.77. The fraction of sp³-hybridized carbons (Fsp3) is 0.190. The number of benzene rings is 2. The second-order valence-corrected chi connectivity index (χ2v) is 6.38. The van der Waals surface area contributed by atoms with Gasteiger partial charge in [0.1, 0.15) is 18.2 Å². The van der Waals surface area contributed by atoms with E-state index in [1.807, 2.05) is 13.0 Å². The summed E-state index contributed by atoms with van der Waals surface area (Å²) in [6.07, 6.45) is 1.59. The van der Waals surface area contributed by atoms with E-state index < -0.39 is 5.82 Å². The van der Waals surface area contributed by atoms with Gasteiger partial charge in [0.2, 0.25) is 5.88 Å². The van der Waals surface area contributed by atoms with Crippen molar-refractivity contribution in [2.75, 3.05) is 0 Å². The molecule has 3 aromatic rings. The van der Waals surface area contributed by atoms with Gasteiger partial charge in [-0.15, -0.1) is 0 Å². The summed E-state index contributed by atoms with van der Waals surface area (Å²) in [6.45, 7) is 2.04. The van der Waals surface area contributed by atoms with Crippen molar-refractivity contribution in [1.82, 2.24) is 4.98 Å². The molecule has 1 aromatic heterocycles. The van der Waals surface area contributed by atoms with Crippen LogP contribution in [-0.4, -0.2) is 4.98 Å². The SMILES string of the molecule is CCCc1ccc(-c2cccc(OCc3ccc(Cl)cc3F)n2)cc1F. The Hall–Kier alpha value is -2.46. The molecule has 1 heterocycles. The van der Waals surface area contributed by atoms with Crippen LogP contribution >= 0.6 is 11.6 Å². The molecular formula is C21H18ClF2NO. The summed E-state index contributed by atoms with van der Waals surface area (Å²) in [5.41, 5.74) is 2.35. The Labute approximate surface area is 156 Å². The van der Waals surface area contributed by atoms with Crippen molar-refractivity contribution in [2.45, 2.75) is 26.4 Å². The van der Waals surface area contributed by atoms with Gasteiger partial charge >= 0.3 is 0 Å². The third-order valence-corrected chi connectivity index (χ3v) is 4.22. The fourth-order valence-electron chi connectivity index (χ4n) is 2.63. The molecule has 2 aromatic carbocycles. The predicted molar refractivity (Wildman–Crippen MR) is 99.4 cm³/mol. The van der Waals surface area contributed by atoms with Crippen LogP contribution in [-0.2, 0) is 13.0 Å². The van der Waals surface area contributed by atoms with Gasteiger partial charge in [-0.2, -0.15) is 0 Å². The van der Waals surface area contributed by atoms with E-state index in [1.54, 1.807) is 36.4 Å².